The normalized spacial score (nSPS) is 13.4. The average molecular weight is 418 g/mol. The van der Waals surface area contributed by atoms with Crippen molar-refractivity contribution in [3.8, 4) is 0 Å². The van der Waals surface area contributed by atoms with Gasteiger partial charge in [-0.2, -0.15) is 4.73 Å². The number of rotatable bonds is 7. The van der Waals surface area contributed by atoms with Crippen molar-refractivity contribution in [2.75, 3.05) is 0 Å². The minimum atomic E-state index is -0.705. The summed E-state index contributed by atoms with van der Waals surface area (Å²) in [6.45, 7) is 3.92. The standard InChI is InChI=1S/C21H21Cl2N3O2/c1-21(2,28-26-11-10-24-14-26)18(17-9-8-16(22)12-19(17)23)13-20(25-27)15-6-4-3-5-7-15/h3-12,14,18,27H,13H2,1-2H3. The highest BCUT2D eigenvalue weighted by Gasteiger charge is 2.36. The van der Waals surface area contributed by atoms with Crippen LogP contribution in [0.1, 0.15) is 37.3 Å². The first kappa shape index (κ1) is 20.2. The minimum Gasteiger partial charge on any atom is -0.411 e. The topological polar surface area (TPSA) is 59.6 Å². The zero-order valence-electron chi connectivity index (χ0n) is 15.6. The van der Waals surface area contributed by atoms with Crippen LogP contribution in [0.25, 0.3) is 0 Å². The molecule has 0 aliphatic rings. The summed E-state index contributed by atoms with van der Waals surface area (Å²) >= 11 is 12.6. The summed E-state index contributed by atoms with van der Waals surface area (Å²) in [5.41, 5.74) is 1.52. The maximum atomic E-state index is 9.69. The van der Waals surface area contributed by atoms with E-state index in [1.807, 2.05) is 50.2 Å². The Bertz CT molecular complexity index is 942. The first-order valence-corrected chi connectivity index (χ1v) is 9.55. The minimum absolute atomic E-state index is 0.231. The molecule has 0 aliphatic heterocycles. The van der Waals surface area contributed by atoms with Crippen molar-refractivity contribution in [1.82, 2.24) is 9.71 Å². The molecule has 0 amide bonds. The molecule has 146 valence electrons. The van der Waals surface area contributed by atoms with Gasteiger partial charge in [0, 0.05) is 28.6 Å². The molecule has 5 nitrogen and oxygen atoms in total. The molecule has 0 aliphatic carbocycles. The van der Waals surface area contributed by atoms with E-state index in [0.29, 0.717) is 22.2 Å². The fourth-order valence-electron chi connectivity index (χ4n) is 3.19. The monoisotopic (exact) mass is 417 g/mol. The van der Waals surface area contributed by atoms with Gasteiger partial charge in [-0.05, 0) is 37.1 Å². The highest BCUT2D eigenvalue weighted by atomic mass is 35.5. The molecule has 28 heavy (non-hydrogen) atoms. The number of benzene rings is 2. The van der Waals surface area contributed by atoms with Crippen LogP contribution in [0.3, 0.4) is 0 Å². The number of halogens is 2. The smallest absolute Gasteiger partial charge is 0.137 e. The van der Waals surface area contributed by atoms with Gasteiger partial charge in [0.1, 0.15) is 11.9 Å². The largest absolute Gasteiger partial charge is 0.411 e. The van der Waals surface area contributed by atoms with Crippen LogP contribution in [0, 0.1) is 0 Å². The Hall–Kier alpha value is -2.50. The van der Waals surface area contributed by atoms with E-state index in [4.69, 9.17) is 28.0 Å². The Kier molecular flexibility index (Phi) is 6.27. The Morgan fingerprint density at radius 2 is 1.96 bits per heavy atom. The highest BCUT2D eigenvalue weighted by molar-refractivity contribution is 6.35. The lowest BCUT2D eigenvalue weighted by Crippen LogP contribution is -2.41. The number of aromatic nitrogens is 2. The Labute approximate surface area is 174 Å². The molecule has 1 aromatic heterocycles. The average Bonchev–Trinajstić information content (AvgIpc) is 3.16. The number of hydrogen-bond acceptors (Lipinski definition) is 4. The maximum absolute atomic E-state index is 9.69. The summed E-state index contributed by atoms with van der Waals surface area (Å²) in [6.07, 6.45) is 5.36. The summed E-state index contributed by atoms with van der Waals surface area (Å²) in [5, 5.41) is 14.3. The predicted octanol–water partition coefficient (Wildman–Crippen LogP) is 5.45. The second-order valence-electron chi connectivity index (χ2n) is 6.95. The third kappa shape index (κ3) is 4.66. The van der Waals surface area contributed by atoms with Crippen molar-refractivity contribution in [2.45, 2.75) is 31.8 Å². The van der Waals surface area contributed by atoms with E-state index in [1.165, 1.54) is 0 Å². The molecule has 2 aromatic carbocycles. The van der Waals surface area contributed by atoms with Crippen LogP contribution in [0.15, 0.2) is 72.4 Å². The second-order valence-corrected chi connectivity index (χ2v) is 7.80. The molecule has 1 atom stereocenters. The Balaban J connectivity index is 2.01. The van der Waals surface area contributed by atoms with E-state index in [0.717, 1.165) is 11.1 Å². The zero-order valence-corrected chi connectivity index (χ0v) is 17.1. The van der Waals surface area contributed by atoms with Crippen LogP contribution in [-0.2, 0) is 0 Å². The third-order valence-corrected chi connectivity index (χ3v) is 5.19. The van der Waals surface area contributed by atoms with Gasteiger partial charge in [-0.3, -0.25) is 0 Å². The van der Waals surface area contributed by atoms with Crippen molar-refractivity contribution >= 4 is 28.9 Å². The first-order valence-electron chi connectivity index (χ1n) is 8.79. The van der Waals surface area contributed by atoms with E-state index in [9.17, 15) is 5.21 Å². The molecule has 0 saturated heterocycles. The first-order chi connectivity index (χ1) is 13.4. The molecule has 0 saturated carbocycles. The van der Waals surface area contributed by atoms with Crippen LogP contribution < -0.4 is 4.84 Å². The van der Waals surface area contributed by atoms with Crippen molar-refractivity contribution < 1.29 is 10.0 Å². The van der Waals surface area contributed by atoms with E-state index < -0.39 is 5.60 Å². The van der Waals surface area contributed by atoms with Crippen molar-refractivity contribution in [2.24, 2.45) is 5.16 Å². The fourth-order valence-corrected chi connectivity index (χ4v) is 3.73. The predicted molar refractivity (Wildman–Crippen MR) is 111 cm³/mol. The molecular formula is C21H21Cl2N3O2. The summed E-state index contributed by atoms with van der Waals surface area (Å²) in [6, 6.07) is 14.9. The van der Waals surface area contributed by atoms with E-state index >= 15 is 0 Å². The lowest BCUT2D eigenvalue weighted by Gasteiger charge is -2.35. The lowest BCUT2D eigenvalue weighted by atomic mass is 9.80. The number of nitrogens with zero attached hydrogens (tertiary/aromatic N) is 3. The van der Waals surface area contributed by atoms with E-state index in [-0.39, 0.29) is 5.92 Å². The molecule has 0 bridgehead atoms. The number of imidazole rings is 1. The SMILES string of the molecule is CC(C)(On1ccnc1)C(CC(=NO)c1ccccc1)c1ccc(Cl)cc1Cl. The molecule has 0 spiro atoms. The van der Waals surface area contributed by atoms with Crippen LogP contribution in [0.5, 0.6) is 0 Å². The summed E-state index contributed by atoms with van der Waals surface area (Å²) in [5.74, 6) is -0.231. The number of oxime groups is 1. The van der Waals surface area contributed by atoms with Crippen LogP contribution >= 0.6 is 23.2 Å². The molecular weight excluding hydrogens is 397 g/mol. The van der Waals surface area contributed by atoms with Gasteiger partial charge in [0.05, 0.1) is 11.9 Å². The quantitative estimate of drug-likeness (QED) is 0.315. The van der Waals surface area contributed by atoms with Gasteiger partial charge in [-0.15, -0.1) is 0 Å². The highest BCUT2D eigenvalue weighted by Crippen LogP contribution is 2.38. The van der Waals surface area contributed by atoms with Gasteiger partial charge in [0.15, 0.2) is 0 Å². The van der Waals surface area contributed by atoms with Crippen molar-refractivity contribution in [3.63, 3.8) is 0 Å². The van der Waals surface area contributed by atoms with Crippen LogP contribution in [0.2, 0.25) is 10.0 Å². The van der Waals surface area contributed by atoms with Crippen molar-refractivity contribution in [3.05, 3.63) is 88.4 Å². The van der Waals surface area contributed by atoms with Gasteiger partial charge in [-0.1, -0.05) is 64.8 Å². The molecule has 0 radical (unpaired) electrons. The second kappa shape index (κ2) is 8.67. The molecule has 1 heterocycles. The molecule has 3 rings (SSSR count). The summed E-state index contributed by atoms with van der Waals surface area (Å²) in [4.78, 5) is 10.2. The summed E-state index contributed by atoms with van der Waals surface area (Å²) in [7, 11) is 0. The molecule has 1 N–H and O–H groups in total. The van der Waals surface area contributed by atoms with Gasteiger partial charge in [0.2, 0.25) is 0 Å². The number of hydrogen-bond donors (Lipinski definition) is 1. The van der Waals surface area contributed by atoms with Gasteiger partial charge < -0.3 is 10.0 Å². The molecule has 1 unspecified atom stereocenters. The van der Waals surface area contributed by atoms with Crippen LogP contribution in [-0.4, -0.2) is 26.2 Å². The fraction of sp³-hybridized carbons (Fsp3) is 0.238. The van der Waals surface area contributed by atoms with Gasteiger partial charge in [-0.25, -0.2) is 4.98 Å². The van der Waals surface area contributed by atoms with Crippen molar-refractivity contribution in [1.29, 1.82) is 0 Å². The third-order valence-electron chi connectivity index (χ3n) is 4.62. The van der Waals surface area contributed by atoms with Crippen LogP contribution in [0.4, 0.5) is 0 Å². The maximum Gasteiger partial charge on any atom is 0.137 e. The lowest BCUT2D eigenvalue weighted by molar-refractivity contribution is -0.0461. The Morgan fingerprint density at radius 3 is 2.57 bits per heavy atom. The van der Waals surface area contributed by atoms with E-state index in [1.54, 1.807) is 35.6 Å². The summed E-state index contributed by atoms with van der Waals surface area (Å²) < 4.78 is 1.55. The molecule has 3 aromatic rings. The molecule has 7 heteroatoms. The van der Waals surface area contributed by atoms with E-state index in [2.05, 4.69) is 10.1 Å². The van der Waals surface area contributed by atoms with Gasteiger partial charge >= 0.3 is 0 Å². The van der Waals surface area contributed by atoms with Gasteiger partial charge in [0.25, 0.3) is 0 Å². The Morgan fingerprint density at radius 1 is 1.21 bits per heavy atom. The zero-order chi connectivity index (χ0) is 20.1. The molecule has 0 fully saturated rings.